The Bertz CT molecular complexity index is 627. The third kappa shape index (κ3) is 3.71. The molecule has 0 saturated heterocycles. The fraction of sp³-hybridized carbons (Fsp3) is 0.200. The van der Waals surface area contributed by atoms with Crippen LogP contribution in [0.3, 0.4) is 0 Å². The third-order valence-corrected chi connectivity index (χ3v) is 3.55. The molecule has 0 aliphatic rings. The number of hydrogen-bond donors (Lipinski definition) is 1. The fourth-order valence-electron chi connectivity index (χ4n) is 1.91. The minimum absolute atomic E-state index is 0.224. The minimum atomic E-state index is -0.477. The molecule has 0 heterocycles. The third-order valence-electron chi connectivity index (χ3n) is 2.95. The lowest BCUT2D eigenvalue weighted by Gasteiger charge is -2.14. The molecular weight excluding hydrogens is 316 g/mol. The van der Waals surface area contributed by atoms with Crippen LogP contribution in [0.25, 0.3) is 0 Å². The summed E-state index contributed by atoms with van der Waals surface area (Å²) in [6, 6.07) is 7.87. The lowest BCUT2D eigenvalue weighted by molar-refractivity contribution is 0.399. The Hall–Kier alpha value is -1.65. The Balaban J connectivity index is 2.24. The molecule has 3 nitrogen and oxygen atoms in total. The van der Waals surface area contributed by atoms with Crippen molar-refractivity contribution in [3.05, 3.63) is 51.8 Å². The Morgan fingerprint density at radius 2 is 1.71 bits per heavy atom. The van der Waals surface area contributed by atoms with Crippen LogP contribution in [0.15, 0.2) is 30.3 Å². The predicted molar refractivity (Wildman–Crippen MR) is 83.3 cm³/mol. The lowest BCUT2D eigenvalue weighted by Crippen LogP contribution is -2.03. The van der Waals surface area contributed by atoms with Crippen molar-refractivity contribution in [2.75, 3.05) is 19.5 Å². The van der Waals surface area contributed by atoms with Gasteiger partial charge in [0.15, 0.2) is 0 Å². The van der Waals surface area contributed by atoms with Gasteiger partial charge in [0.25, 0.3) is 0 Å². The first-order valence-corrected chi connectivity index (χ1v) is 6.90. The van der Waals surface area contributed by atoms with E-state index >= 15 is 0 Å². The molecule has 0 amide bonds. The van der Waals surface area contributed by atoms with Gasteiger partial charge in [0.1, 0.15) is 17.3 Å². The zero-order valence-electron chi connectivity index (χ0n) is 11.5. The van der Waals surface area contributed by atoms with Crippen LogP contribution in [-0.2, 0) is 6.54 Å². The fourth-order valence-corrected chi connectivity index (χ4v) is 2.51. The second-order valence-electron chi connectivity index (χ2n) is 4.28. The summed E-state index contributed by atoms with van der Waals surface area (Å²) in [4.78, 5) is 0. The van der Waals surface area contributed by atoms with Crippen LogP contribution >= 0.6 is 23.2 Å². The van der Waals surface area contributed by atoms with Crippen molar-refractivity contribution < 1.29 is 13.9 Å². The predicted octanol–water partition coefficient (Wildman–Crippen LogP) is 4.76. The van der Waals surface area contributed by atoms with Crippen molar-refractivity contribution in [1.82, 2.24) is 0 Å². The van der Waals surface area contributed by atoms with E-state index in [0.717, 1.165) is 5.56 Å². The van der Waals surface area contributed by atoms with Gasteiger partial charge >= 0.3 is 0 Å². The van der Waals surface area contributed by atoms with Gasteiger partial charge in [-0.25, -0.2) is 4.39 Å². The number of ether oxygens (including phenoxy) is 2. The van der Waals surface area contributed by atoms with E-state index in [4.69, 9.17) is 32.7 Å². The van der Waals surface area contributed by atoms with Crippen LogP contribution in [0.4, 0.5) is 10.1 Å². The molecule has 21 heavy (non-hydrogen) atoms. The summed E-state index contributed by atoms with van der Waals surface area (Å²) >= 11 is 12.0. The van der Waals surface area contributed by atoms with E-state index in [2.05, 4.69) is 5.32 Å². The largest absolute Gasteiger partial charge is 0.497 e. The summed E-state index contributed by atoms with van der Waals surface area (Å²) in [5.74, 6) is 0.941. The van der Waals surface area contributed by atoms with E-state index in [1.165, 1.54) is 12.1 Å². The van der Waals surface area contributed by atoms with Gasteiger partial charge in [-0.1, -0.05) is 23.2 Å². The summed E-state index contributed by atoms with van der Waals surface area (Å²) in [6.45, 7) is 0.408. The molecular formula is C15H14Cl2FNO2. The van der Waals surface area contributed by atoms with E-state index in [-0.39, 0.29) is 10.0 Å². The van der Waals surface area contributed by atoms with E-state index in [9.17, 15) is 4.39 Å². The molecule has 0 bridgehead atoms. The smallest absolute Gasteiger partial charge is 0.126 e. The highest BCUT2D eigenvalue weighted by Gasteiger charge is 2.10. The summed E-state index contributed by atoms with van der Waals surface area (Å²) in [5.41, 5.74) is 1.35. The Morgan fingerprint density at radius 1 is 1.05 bits per heavy atom. The molecule has 2 aromatic rings. The maximum Gasteiger partial charge on any atom is 0.126 e. The average molecular weight is 330 g/mol. The van der Waals surface area contributed by atoms with Gasteiger partial charge < -0.3 is 14.8 Å². The van der Waals surface area contributed by atoms with Crippen LogP contribution < -0.4 is 14.8 Å². The van der Waals surface area contributed by atoms with Gasteiger partial charge in [0.2, 0.25) is 0 Å². The first kappa shape index (κ1) is 15.7. The van der Waals surface area contributed by atoms with Gasteiger partial charge in [-0.15, -0.1) is 0 Å². The number of nitrogens with one attached hydrogen (secondary N) is 1. The first-order chi connectivity index (χ1) is 10.0. The highest BCUT2D eigenvalue weighted by Crippen LogP contribution is 2.33. The molecule has 0 aliphatic heterocycles. The van der Waals surface area contributed by atoms with Crippen molar-refractivity contribution in [1.29, 1.82) is 0 Å². The summed E-state index contributed by atoms with van der Waals surface area (Å²) in [6.07, 6.45) is 0. The molecule has 2 aromatic carbocycles. The lowest BCUT2D eigenvalue weighted by atomic mass is 10.2. The van der Waals surface area contributed by atoms with Crippen LogP contribution in [-0.4, -0.2) is 14.2 Å². The maximum atomic E-state index is 13.2. The van der Waals surface area contributed by atoms with Gasteiger partial charge in [-0.3, -0.25) is 0 Å². The van der Waals surface area contributed by atoms with E-state index < -0.39 is 5.82 Å². The number of benzene rings is 2. The van der Waals surface area contributed by atoms with Gasteiger partial charge in [-0.05, 0) is 30.3 Å². The number of rotatable bonds is 5. The standard InChI is InChI=1S/C15H14Cl2FNO2/c1-20-11-3-4-14(21-2)9(5-11)8-19-15-12(16)6-10(18)7-13(15)17/h3-7,19H,8H2,1-2H3. The molecule has 0 radical (unpaired) electrons. The Morgan fingerprint density at radius 3 is 2.29 bits per heavy atom. The SMILES string of the molecule is COc1ccc(OC)c(CNc2c(Cl)cc(F)cc2Cl)c1. The van der Waals surface area contributed by atoms with Gasteiger partial charge in [0.05, 0.1) is 30.0 Å². The molecule has 6 heteroatoms. The summed E-state index contributed by atoms with van der Waals surface area (Å²) < 4.78 is 23.6. The normalized spacial score (nSPS) is 10.3. The van der Waals surface area contributed by atoms with E-state index in [0.29, 0.717) is 23.7 Å². The Labute approximate surface area is 132 Å². The van der Waals surface area contributed by atoms with Crippen LogP contribution in [0.1, 0.15) is 5.56 Å². The molecule has 2 rings (SSSR count). The van der Waals surface area contributed by atoms with Gasteiger partial charge in [0, 0.05) is 12.1 Å². The first-order valence-electron chi connectivity index (χ1n) is 6.14. The van der Waals surface area contributed by atoms with Crippen molar-refractivity contribution in [3.8, 4) is 11.5 Å². The Kier molecular flexibility index (Phi) is 5.15. The van der Waals surface area contributed by atoms with E-state index in [1.807, 2.05) is 12.1 Å². The molecule has 0 aliphatic carbocycles. The summed E-state index contributed by atoms with van der Waals surface area (Å²) in [7, 11) is 3.18. The highest BCUT2D eigenvalue weighted by molar-refractivity contribution is 6.39. The quantitative estimate of drug-likeness (QED) is 0.857. The zero-order chi connectivity index (χ0) is 15.4. The van der Waals surface area contributed by atoms with Gasteiger partial charge in [-0.2, -0.15) is 0 Å². The monoisotopic (exact) mass is 329 g/mol. The minimum Gasteiger partial charge on any atom is -0.497 e. The van der Waals surface area contributed by atoms with Crippen molar-refractivity contribution in [2.24, 2.45) is 0 Å². The topological polar surface area (TPSA) is 30.5 Å². The maximum absolute atomic E-state index is 13.2. The number of methoxy groups -OCH3 is 2. The van der Waals surface area contributed by atoms with Crippen LogP contribution in [0, 0.1) is 5.82 Å². The molecule has 0 fully saturated rings. The number of hydrogen-bond acceptors (Lipinski definition) is 3. The van der Waals surface area contributed by atoms with Crippen LogP contribution in [0.5, 0.6) is 11.5 Å². The second-order valence-corrected chi connectivity index (χ2v) is 5.09. The average Bonchev–Trinajstić information content (AvgIpc) is 2.45. The van der Waals surface area contributed by atoms with E-state index in [1.54, 1.807) is 20.3 Å². The molecule has 0 unspecified atom stereocenters. The second kappa shape index (κ2) is 6.87. The van der Waals surface area contributed by atoms with Crippen LogP contribution in [0.2, 0.25) is 10.0 Å². The zero-order valence-corrected chi connectivity index (χ0v) is 13.1. The number of halogens is 3. The highest BCUT2D eigenvalue weighted by atomic mass is 35.5. The summed E-state index contributed by atoms with van der Waals surface area (Å²) in [5, 5.41) is 3.53. The van der Waals surface area contributed by atoms with Crippen molar-refractivity contribution in [3.63, 3.8) is 0 Å². The molecule has 0 atom stereocenters. The van der Waals surface area contributed by atoms with Crippen molar-refractivity contribution in [2.45, 2.75) is 6.54 Å². The molecule has 0 saturated carbocycles. The molecule has 112 valence electrons. The van der Waals surface area contributed by atoms with Crippen molar-refractivity contribution >= 4 is 28.9 Å². The molecule has 0 aromatic heterocycles. The molecule has 0 spiro atoms. The number of anilines is 1. The molecule has 1 N–H and O–H groups in total.